The molecule has 1 aliphatic heterocycles. The summed E-state index contributed by atoms with van der Waals surface area (Å²) >= 11 is 0. The van der Waals surface area contributed by atoms with E-state index < -0.39 is 0 Å². The lowest BCUT2D eigenvalue weighted by molar-refractivity contribution is -0.117. The van der Waals surface area contributed by atoms with Gasteiger partial charge in [-0.3, -0.25) is 15.1 Å². The second kappa shape index (κ2) is 5.52. The van der Waals surface area contributed by atoms with Crippen LogP contribution in [-0.2, 0) is 4.79 Å². The van der Waals surface area contributed by atoms with Crippen LogP contribution in [0.2, 0.25) is 0 Å². The van der Waals surface area contributed by atoms with Gasteiger partial charge in [-0.15, -0.1) is 0 Å². The first kappa shape index (κ1) is 12.4. The van der Waals surface area contributed by atoms with Crippen molar-refractivity contribution < 1.29 is 4.79 Å². The fraction of sp³-hybridized carbons (Fsp3) is 0.846. The number of guanidine groups is 1. The van der Waals surface area contributed by atoms with Crippen LogP contribution < -0.4 is 5.32 Å². The second-order valence-electron chi connectivity index (χ2n) is 5.35. The van der Waals surface area contributed by atoms with Gasteiger partial charge >= 0.3 is 0 Å². The molecule has 2 rings (SSSR count). The predicted octanol–water partition coefficient (Wildman–Crippen LogP) is 1.76. The van der Waals surface area contributed by atoms with Gasteiger partial charge in [0.25, 0.3) is 0 Å². The van der Waals surface area contributed by atoms with Gasteiger partial charge in [0.1, 0.15) is 0 Å². The predicted molar refractivity (Wildman–Crippen MR) is 68.9 cm³/mol. The van der Waals surface area contributed by atoms with Crippen molar-refractivity contribution >= 4 is 11.9 Å². The molecule has 2 aliphatic rings. The Morgan fingerprint density at radius 1 is 1.35 bits per heavy atom. The minimum atomic E-state index is -0.0140. The van der Waals surface area contributed by atoms with Crippen LogP contribution in [0.1, 0.15) is 46.0 Å². The maximum Gasteiger partial charge on any atom is 0.223 e. The Morgan fingerprint density at radius 3 is 2.71 bits per heavy atom. The highest BCUT2D eigenvalue weighted by atomic mass is 16.1. The smallest absolute Gasteiger partial charge is 0.223 e. The number of carbonyl (C=O) groups excluding carboxylic acids is 1. The van der Waals surface area contributed by atoms with Gasteiger partial charge in [-0.05, 0) is 38.0 Å². The molecule has 0 aromatic heterocycles. The van der Waals surface area contributed by atoms with Gasteiger partial charge in [0.05, 0.1) is 0 Å². The third kappa shape index (κ3) is 3.20. The Labute approximate surface area is 103 Å². The van der Waals surface area contributed by atoms with E-state index in [0.29, 0.717) is 6.04 Å². The third-order valence-electron chi connectivity index (χ3n) is 3.80. The van der Waals surface area contributed by atoms with Crippen LogP contribution in [0.4, 0.5) is 0 Å². The topological polar surface area (TPSA) is 44.7 Å². The summed E-state index contributed by atoms with van der Waals surface area (Å²) < 4.78 is 0. The Hall–Kier alpha value is -1.06. The van der Waals surface area contributed by atoms with Gasteiger partial charge < -0.3 is 4.90 Å². The quantitative estimate of drug-likeness (QED) is 0.755. The molecule has 1 heterocycles. The van der Waals surface area contributed by atoms with E-state index >= 15 is 0 Å². The molecule has 1 fully saturated rings. The molecule has 1 saturated carbocycles. The molecule has 0 atom stereocenters. The van der Waals surface area contributed by atoms with E-state index in [1.54, 1.807) is 6.92 Å². The van der Waals surface area contributed by atoms with E-state index in [0.717, 1.165) is 31.4 Å². The van der Waals surface area contributed by atoms with Crippen LogP contribution in [-0.4, -0.2) is 35.9 Å². The second-order valence-corrected chi connectivity index (χ2v) is 5.35. The van der Waals surface area contributed by atoms with E-state index in [9.17, 15) is 4.79 Å². The molecule has 0 aromatic carbocycles. The lowest BCUT2D eigenvalue weighted by atomic mass is 9.86. The zero-order valence-corrected chi connectivity index (χ0v) is 10.9. The van der Waals surface area contributed by atoms with Crippen molar-refractivity contribution in [3.8, 4) is 0 Å². The molecule has 1 N–H and O–H groups in total. The van der Waals surface area contributed by atoms with Crippen molar-refractivity contribution in [2.75, 3.05) is 13.1 Å². The molecule has 96 valence electrons. The van der Waals surface area contributed by atoms with Crippen LogP contribution in [0, 0.1) is 5.92 Å². The van der Waals surface area contributed by atoms with E-state index in [1.807, 2.05) is 0 Å². The molecule has 0 saturated heterocycles. The van der Waals surface area contributed by atoms with Crippen LogP contribution in [0.15, 0.2) is 4.99 Å². The normalized spacial score (nSPS) is 29.8. The van der Waals surface area contributed by atoms with Crippen LogP contribution in [0.25, 0.3) is 0 Å². The minimum Gasteiger partial charge on any atom is -0.340 e. The molecule has 4 nitrogen and oxygen atoms in total. The third-order valence-corrected chi connectivity index (χ3v) is 3.80. The van der Waals surface area contributed by atoms with E-state index in [2.05, 4.69) is 22.1 Å². The van der Waals surface area contributed by atoms with Crippen LogP contribution >= 0.6 is 0 Å². The molecule has 0 unspecified atom stereocenters. The molecule has 1 amide bonds. The molecule has 0 aromatic rings. The van der Waals surface area contributed by atoms with Crippen molar-refractivity contribution in [3.63, 3.8) is 0 Å². The summed E-state index contributed by atoms with van der Waals surface area (Å²) in [6.07, 6.45) is 6.18. The van der Waals surface area contributed by atoms with Gasteiger partial charge in [0.2, 0.25) is 11.9 Å². The number of amides is 1. The summed E-state index contributed by atoms with van der Waals surface area (Å²) in [6, 6.07) is 0.581. The molecule has 17 heavy (non-hydrogen) atoms. The summed E-state index contributed by atoms with van der Waals surface area (Å²) in [7, 11) is 0. The Kier molecular flexibility index (Phi) is 4.02. The van der Waals surface area contributed by atoms with Gasteiger partial charge in [-0.25, -0.2) is 0 Å². The van der Waals surface area contributed by atoms with Crippen molar-refractivity contribution in [2.24, 2.45) is 10.9 Å². The van der Waals surface area contributed by atoms with Crippen LogP contribution in [0.5, 0.6) is 0 Å². The monoisotopic (exact) mass is 237 g/mol. The highest BCUT2D eigenvalue weighted by molar-refractivity contribution is 5.96. The largest absolute Gasteiger partial charge is 0.340 e. The molecule has 0 bridgehead atoms. The average molecular weight is 237 g/mol. The number of hydrogen-bond donors (Lipinski definition) is 1. The first-order valence-corrected chi connectivity index (χ1v) is 6.75. The van der Waals surface area contributed by atoms with Crippen molar-refractivity contribution in [2.45, 2.75) is 52.0 Å². The molecule has 0 spiro atoms. The fourth-order valence-electron chi connectivity index (χ4n) is 2.80. The van der Waals surface area contributed by atoms with Gasteiger partial charge in [-0.1, -0.05) is 6.92 Å². The maximum absolute atomic E-state index is 11.2. The summed E-state index contributed by atoms with van der Waals surface area (Å²) in [5.41, 5.74) is 0. The van der Waals surface area contributed by atoms with Gasteiger partial charge in [0, 0.05) is 26.1 Å². The first-order valence-electron chi connectivity index (χ1n) is 6.75. The number of nitrogens with zero attached hydrogens (tertiary/aromatic N) is 2. The van der Waals surface area contributed by atoms with E-state index in [1.165, 1.54) is 25.7 Å². The fourth-order valence-corrected chi connectivity index (χ4v) is 2.80. The minimum absolute atomic E-state index is 0.0140. The summed E-state index contributed by atoms with van der Waals surface area (Å²) in [5.74, 6) is 1.65. The Balaban J connectivity index is 1.99. The van der Waals surface area contributed by atoms with Gasteiger partial charge in [-0.2, -0.15) is 0 Å². The maximum atomic E-state index is 11.2. The summed E-state index contributed by atoms with van der Waals surface area (Å²) in [4.78, 5) is 17.9. The zero-order valence-electron chi connectivity index (χ0n) is 10.9. The Bertz CT molecular complexity index is 306. The molecular formula is C13H23N3O. The molecular weight excluding hydrogens is 214 g/mol. The van der Waals surface area contributed by atoms with Crippen molar-refractivity contribution in [1.29, 1.82) is 0 Å². The van der Waals surface area contributed by atoms with Crippen molar-refractivity contribution in [1.82, 2.24) is 10.2 Å². The highest BCUT2D eigenvalue weighted by Crippen LogP contribution is 2.27. The molecule has 1 aliphatic carbocycles. The summed E-state index contributed by atoms with van der Waals surface area (Å²) in [5, 5.41) is 2.88. The van der Waals surface area contributed by atoms with Crippen LogP contribution in [0.3, 0.4) is 0 Å². The first-order chi connectivity index (χ1) is 8.16. The number of carbonyl (C=O) groups is 1. The number of rotatable bonds is 1. The zero-order chi connectivity index (χ0) is 12.3. The highest BCUT2D eigenvalue weighted by Gasteiger charge is 2.27. The molecule has 0 radical (unpaired) electrons. The number of aliphatic imine (C=N–C) groups is 1. The van der Waals surface area contributed by atoms with Crippen molar-refractivity contribution in [3.05, 3.63) is 0 Å². The SMILES string of the molecule is CC(=O)NC1=NCCCN1C1CCC(C)CC1. The number of nitrogens with one attached hydrogen (secondary N) is 1. The number of hydrogen-bond acceptors (Lipinski definition) is 3. The standard InChI is InChI=1S/C13H23N3O/c1-10-4-6-12(7-5-10)16-9-3-8-14-13(16)15-11(2)17/h10,12H,3-9H2,1-2H3,(H,14,15,17). The van der Waals surface area contributed by atoms with Gasteiger partial charge in [0.15, 0.2) is 0 Å². The lowest BCUT2D eigenvalue weighted by Gasteiger charge is -2.39. The lowest BCUT2D eigenvalue weighted by Crippen LogP contribution is -2.51. The average Bonchev–Trinajstić information content (AvgIpc) is 2.30. The Morgan fingerprint density at radius 2 is 2.06 bits per heavy atom. The summed E-state index contributed by atoms with van der Waals surface area (Å²) in [6.45, 7) is 5.76. The van der Waals surface area contributed by atoms with E-state index in [4.69, 9.17) is 0 Å². The van der Waals surface area contributed by atoms with E-state index in [-0.39, 0.29) is 5.91 Å². The molecule has 4 heteroatoms.